The van der Waals surface area contributed by atoms with E-state index in [2.05, 4.69) is 10.5 Å². The summed E-state index contributed by atoms with van der Waals surface area (Å²) in [6.45, 7) is 0.207. The van der Waals surface area contributed by atoms with Gasteiger partial charge in [0.05, 0.1) is 16.5 Å². The van der Waals surface area contributed by atoms with Crippen molar-refractivity contribution in [3.63, 3.8) is 0 Å². The molecule has 2 heterocycles. The van der Waals surface area contributed by atoms with Crippen molar-refractivity contribution in [3.8, 4) is 10.6 Å². The van der Waals surface area contributed by atoms with E-state index in [0.29, 0.717) is 11.3 Å². The third-order valence-corrected chi connectivity index (χ3v) is 5.09. The molecule has 2 aromatic heterocycles. The Labute approximate surface area is 163 Å². The highest BCUT2D eigenvalue weighted by Crippen LogP contribution is 2.30. The second kappa shape index (κ2) is 8.15. The SMILES string of the molecule is CN(C)[C@H](CNC(=O)c1cc(-c2cccs2)on1)c1ccc(C(F)(F)F)cc1. The standard InChI is InChI=1S/C19H18F3N3O2S/c1-25(2)15(12-5-7-13(8-6-12)19(20,21)22)11-23-18(26)14-10-16(27-24-14)17-4-3-9-28-17/h3-10,15H,11H2,1-2H3,(H,23,26)/t15-/m1/s1. The number of amides is 1. The summed E-state index contributed by atoms with van der Waals surface area (Å²) in [4.78, 5) is 15.1. The molecule has 0 aliphatic rings. The summed E-state index contributed by atoms with van der Waals surface area (Å²) < 4.78 is 43.4. The molecule has 1 atom stereocenters. The van der Waals surface area contributed by atoms with Crippen molar-refractivity contribution < 1.29 is 22.5 Å². The van der Waals surface area contributed by atoms with Crippen molar-refractivity contribution in [2.24, 2.45) is 0 Å². The van der Waals surface area contributed by atoms with E-state index in [0.717, 1.165) is 17.0 Å². The van der Waals surface area contributed by atoms with Gasteiger partial charge in [-0.05, 0) is 43.2 Å². The Morgan fingerprint density at radius 2 is 1.96 bits per heavy atom. The van der Waals surface area contributed by atoms with Gasteiger partial charge >= 0.3 is 6.18 Å². The summed E-state index contributed by atoms with van der Waals surface area (Å²) in [5.74, 6) is 0.0948. The zero-order valence-corrected chi connectivity index (χ0v) is 16.0. The number of thiophene rings is 1. The molecule has 0 aliphatic heterocycles. The molecule has 9 heteroatoms. The zero-order valence-electron chi connectivity index (χ0n) is 15.2. The van der Waals surface area contributed by atoms with Gasteiger partial charge in [-0.2, -0.15) is 13.2 Å². The number of benzene rings is 1. The molecule has 5 nitrogen and oxygen atoms in total. The Hall–Kier alpha value is -2.65. The van der Waals surface area contributed by atoms with Crippen molar-refractivity contribution >= 4 is 17.2 Å². The van der Waals surface area contributed by atoms with Crippen molar-refractivity contribution in [3.05, 3.63) is 64.7 Å². The highest BCUT2D eigenvalue weighted by Gasteiger charge is 2.30. The lowest BCUT2D eigenvalue weighted by Crippen LogP contribution is -2.34. The molecule has 0 spiro atoms. The minimum Gasteiger partial charge on any atom is -0.355 e. The van der Waals surface area contributed by atoms with Crippen molar-refractivity contribution in [2.75, 3.05) is 20.6 Å². The normalized spacial score (nSPS) is 12.9. The van der Waals surface area contributed by atoms with Crippen LogP contribution in [-0.4, -0.2) is 36.6 Å². The highest BCUT2D eigenvalue weighted by atomic mass is 32.1. The molecular weight excluding hydrogens is 391 g/mol. The van der Waals surface area contributed by atoms with E-state index in [1.807, 2.05) is 22.4 Å². The number of aromatic nitrogens is 1. The van der Waals surface area contributed by atoms with Crippen LogP contribution < -0.4 is 5.32 Å². The maximum Gasteiger partial charge on any atom is 0.416 e. The van der Waals surface area contributed by atoms with E-state index >= 15 is 0 Å². The maximum atomic E-state index is 12.7. The topological polar surface area (TPSA) is 58.4 Å². The zero-order chi connectivity index (χ0) is 20.3. The molecule has 1 N–H and O–H groups in total. The minimum atomic E-state index is -4.38. The van der Waals surface area contributed by atoms with Crippen LogP contribution in [0.4, 0.5) is 13.2 Å². The molecule has 1 amide bonds. The largest absolute Gasteiger partial charge is 0.416 e. The summed E-state index contributed by atoms with van der Waals surface area (Å²) in [6, 6.07) is 9.92. The van der Waals surface area contributed by atoms with E-state index in [4.69, 9.17) is 4.52 Å². The number of carbonyl (C=O) groups excluding carboxylic acids is 1. The lowest BCUT2D eigenvalue weighted by molar-refractivity contribution is -0.137. The number of halogens is 3. The molecule has 0 bridgehead atoms. The van der Waals surface area contributed by atoms with Crippen molar-refractivity contribution in [1.29, 1.82) is 0 Å². The van der Waals surface area contributed by atoms with Gasteiger partial charge in [0, 0.05) is 12.6 Å². The summed E-state index contributed by atoms with van der Waals surface area (Å²) in [5, 5.41) is 8.44. The monoisotopic (exact) mass is 409 g/mol. The Kier molecular flexibility index (Phi) is 5.85. The molecular formula is C19H18F3N3O2S. The first-order valence-corrected chi connectivity index (χ1v) is 9.26. The lowest BCUT2D eigenvalue weighted by atomic mass is 10.0. The van der Waals surface area contributed by atoms with Gasteiger partial charge in [0.2, 0.25) is 0 Å². The highest BCUT2D eigenvalue weighted by molar-refractivity contribution is 7.13. The number of likely N-dealkylation sites (N-methyl/N-ethyl adjacent to an activating group) is 1. The fourth-order valence-electron chi connectivity index (χ4n) is 2.69. The van der Waals surface area contributed by atoms with Crippen LogP contribution in [0.1, 0.15) is 27.7 Å². The van der Waals surface area contributed by atoms with Crippen LogP contribution in [0.5, 0.6) is 0 Å². The van der Waals surface area contributed by atoms with Gasteiger partial charge in [-0.1, -0.05) is 23.4 Å². The summed E-state index contributed by atoms with van der Waals surface area (Å²) in [5.41, 5.74) is 0.104. The molecule has 0 saturated carbocycles. The van der Waals surface area contributed by atoms with Gasteiger partial charge in [0.25, 0.3) is 5.91 Å². The summed E-state index contributed by atoms with van der Waals surface area (Å²) >= 11 is 1.47. The third-order valence-electron chi connectivity index (χ3n) is 4.21. The van der Waals surface area contributed by atoms with Gasteiger partial charge in [-0.15, -0.1) is 11.3 Å². The predicted octanol–water partition coefficient (Wildman–Crippen LogP) is 4.45. The molecule has 0 saturated heterocycles. The average molecular weight is 409 g/mol. The number of alkyl halides is 3. The molecule has 28 heavy (non-hydrogen) atoms. The first kappa shape index (κ1) is 20.1. The smallest absolute Gasteiger partial charge is 0.355 e. The molecule has 1 aromatic carbocycles. The van der Waals surface area contributed by atoms with Crippen LogP contribution in [-0.2, 0) is 6.18 Å². The Morgan fingerprint density at radius 3 is 2.54 bits per heavy atom. The number of nitrogens with one attached hydrogen (secondary N) is 1. The van der Waals surface area contributed by atoms with Gasteiger partial charge in [0.1, 0.15) is 0 Å². The number of carbonyl (C=O) groups is 1. The molecule has 0 unspecified atom stereocenters. The van der Waals surface area contributed by atoms with E-state index in [1.54, 1.807) is 20.2 Å². The number of hydrogen-bond acceptors (Lipinski definition) is 5. The van der Waals surface area contributed by atoms with Gasteiger partial charge < -0.3 is 14.7 Å². The Balaban J connectivity index is 1.67. The van der Waals surface area contributed by atoms with Crippen LogP contribution >= 0.6 is 11.3 Å². The fourth-order valence-corrected chi connectivity index (χ4v) is 3.36. The summed E-state index contributed by atoms with van der Waals surface area (Å²) in [6.07, 6.45) is -4.38. The molecule has 0 aliphatic carbocycles. The number of rotatable bonds is 6. The van der Waals surface area contributed by atoms with E-state index in [1.165, 1.54) is 23.5 Å². The van der Waals surface area contributed by atoms with Crippen LogP contribution in [0, 0.1) is 0 Å². The Bertz CT molecular complexity index is 919. The summed E-state index contributed by atoms with van der Waals surface area (Å²) in [7, 11) is 3.58. The van der Waals surface area contributed by atoms with E-state index in [-0.39, 0.29) is 18.3 Å². The maximum absolute atomic E-state index is 12.7. The van der Waals surface area contributed by atoms with Gasteiger partial charge in [0.15, 0.2) is 11.5 Å². The van der Waals surface area contributed by atoms with Crippen LogP contribution in [0.3, 0.4) is 0 Å². The second-order valence-electron chi connectivity index (χ2n) is 6.36. The van der Waals surface area contributed by atoms with Crippen LogP contribution in [0.2, 0.25) is 0 Å². The quantitative estimate of drug-likeness (QED) is 0.653. The molecule has 0 fully saturated rings. The molecule has 0 radical (unpaired) electrons. The number of hydrogen-bond donors (Lipinski definition) is 1. The average Bonchev–Trinajstić information content (AvgIpc) is 3.32. The first-order chi connectivity index (χ1) is 13.3. The first-order valence-electron chi connectivity index (χ1n) is 8.38. The van der Waals surface area contributed by atoms with Gasteiger partial charge in [-0.3, -0.25) is 4.79 Å². The fraction of sp³-hybridized carbons (Fsp3) is 0.263. The predicted molar refractivity (Wildman–Crippen MR) is 100 cm³/mol. The Morgan fingerprint density at radius 1 is 1.25 bits per heavy atom. The molecule has 3 rings (SSSR count). The van der Waals surface area contributed by atoms with Crippen LogP contribution in [0.25, 0.3) is 10.6 Å². The molecule has 3 aromatic rings. The molecule has 148 valence electrons. The minimum absolute atomic E-state index is 0.147. The second-order valence-corrected chi connectivity index (χ2v) is 7.31. The van der Waals surface area contributed by atoms with Crippen LogP contribution in [0.15, 0.2) is 52.4 Å². The van der Waals surface area contributed by atoms with Crippen molar-refractivity contribution in [1.82, 2.24) is 15.4 Å². The number of nitrogens with zero attached hydrogens (tertiary/aromatic N) is 2. The van der Waals surface area contributed by atoms with Gasteiger partial charge in [-0.25, -0.2) is 0 Å². The lowest BCUT2D eigenvalue weighted by Gasteiger charge is -2.25. The van der Waals surface area contributed by atoms with Crippen molar-refractivity contribution in [2.45, 2.75) is 12.2 Å². The van der Waals surface area contributed by atoms with E-state index in [9.17, 15) is 18.0 Å². The van der Waals surface area contributed by atoms with E-state index < -0.39 is 17.6 Å². The third kappa shape index (κ3) is 4.60.